The van der Waals surface area contributed by atoms with E-state index in [1.807, 2.05) is 23.6 Å². The lowest BCUT2D eigenvalue weighted by molar-refractivity contribution is 0.261. The fraction of sp³-hybridized carbons (Fsp3) is 0.421. The Morgan fingerprint density at radius 3 is 2.29 bits per heavy atom. The van der Waals surface area contributed by atoms with E-state index in [1.165, 1.54) is 19.3 Å². The van der Waals surface area contributed by atoms with Gasteiger partial charge in [-0.2, -0.15) is 0 Å². The van der Waals surface area contributed by atoms with Gasteiger partial charge in [0.2, 0.25) is 0 Å². The quantitative estimate of drug-likeness (QED) is 0.777. The van der Waals surface area contributed by atoms with Crippen LogP contribution < -0.4 is 4.90 Å². The second-order valence-electron chi connectivity index (χ2n) is 6.54. The number of hydrogen-bond acceptors (Lipinski definition) is 4. The number of benzene rings is 1. The molecule has 2 aromatic heterocycles. The summed E-state index contributed by atoms with van der Waals surface area (Å²) in [5.41, 5.74) is 3.38. The summed E-state index contributed by atoms with van der Waals surface area (Å²) in [6, 6.07) is 8.24. The largest absolute Gasteiger partial charge is 0.392 e. The highest BCUT2D eigenvalue weighted by molar-refractivity contribution is 6.03. The van der Waals surface area contributed by atoms with Crippen LogP contribution in [0.1, 0.15) is 36.1 Å². The van der Waals surface area contributed by atoms with E-state index in [4.69, 9.17) is 5.10 Å². The van der Waals surface area contributed by atoms with Crippen molar-refractivity contribution < 1.29 is 10.2 Å². The lowest BCUT2D eigenvalue weighted by atomic mass is 10.1. The number of aromatic nitrogens is 2. The van der Waals surface area contributed by atoms with Crippen LogP contribution in [0.3, 0.4) is 0 Å². The van der Waals surface area contributed by atoms with Crippen molar-refractivity contribution in [2.45, 2.75) is 39.4 Å². The molecule has 24 heavy (non-hydrogen) atoms. The van der Waals surface area contributed by atoms with Gasteiger partial charge in [0.05, 0.1) is 18.7 Å². The summed E-state index contributed by atoms with van der Waals surface area (Å²) in [5, 5.41) is 26.8. The second kappa shape index (κ2) is 6.07. The van der Waals surface area contributed by atoms with E-state index in [9.17, 15) is 10.2 Å². The first-order valence-corrected chi connectivity index (χ1v) is 8.64. The molecule has 1 aliphatic heterocycles. The van der Waals surface area contributed by atoms with Crippen LogP contribution in [0.25, 0.3) is 16.3 Å². The van der Waals surface area contributed by atoms with Crippen LogP contribution in [0.4, 0.5) is 5.82 Å². The number of nitrogens with zero attached hydrogens (tertiary/aromatic N) is 3. The second-order valence-corrected chi connectivity index (χ2v) is 6.54. The van der Waals surface area contributed by atoms with Gasteiger partial charge in [0, 0.05) is 40.7 Å². The zero-order chi connectivity index (χ0) is 16.7. The normalized spacial score (nSPS) is 15.5. The van der Waals surface area contributed by atoms with Gasteiger partial charge in [-0.25, -0.2) is 4.52 Å². The molecule has 0 bridgehead atoms. The Bertz CT molecular complexity index is 895. The summed E-state index contributed by atoms with van der Waals surface area (Å²) in [4.78, 5) is 2.36. The Kier molecular flexibility index (Phi) is 3.90. The van der Waals surface area contributed by atoms with Crippen LogP contribution in [0.2, 0.25) is 0 Å². The molecule has 0 unspecified atom stereocenters. The number of fused-ring (bicyclic) bond motifs is 3. The van der Waals surface area contributed by atoms with Gasteiger partial charge in [-0.3, -0.25) is 0 Å². The molecule has 0 atom stereocenters. The minimum atomic E-state index is -0.0953. The van der Waals surface area contributed by atoms with Crippen molar-refractivity contribution in [3.8, 4) is 0 Å². The maximum Gasteiger partial charge on any atom is 0.157 e. The molecule has 0 amide bonds. The summed E-state index contributed by atoms with van der Waals surface area (Å²) in [5.74, 6) is 1.00. The van der Waals surface area contributed by atoms with Crippen molar-refractivity contribution in [1.29, 1.82) is 0 Å². The van der Waals surface area contributed by atoms with Gasteiger partial charge in [-0.15, -0.1) is 5.10 Å². The molecule has 1 aliphatic rings. The van der Waals surface area contributed by atoms with Crippen molar-refractivity contribution in [3.63, 3.8) is 0 Å². The van der Waals surface area contributed by atoms with Crippen LogP contribution >= 0.6 is 0 Å². The Balaban J connectivity index is 2.08. The summed E-state index contributed by atoms with van der Waals surface area (Å²) in [7, 11) is 0. The molecule has 2 N–H and O–H groups in total. The first-order chi connectivity index (χ1) is 11.8. The molecule has 4 rings (SSSR count). The molecule has 3 aromatic rings. The lowest BCUT2D eigenvalue weighted by Crippen LogP contribution is -2.30. The Labute approximate surface area is 141 Å². The highest BCUT2D eigenvalue weighted by Crippen LogP contribution is 2.34. The molecule has 1 fully saturated rings. The minimum Gasteiger partial charge on any atom is -0.392 e. The fourth-order valence-corrected chi connectivity index (χ4v) is 3.94. The average molecular weight is 325 g/mol. The third-order valence-corrected chi connectivity index (χ3v) is 5.21. The molecule has 3 heterocycles. The molecule has 0 saturated carbocycles. The first kappa shape index (κ1) is 15.4. The predicted molar refractivity (Wildman–Crippen MR) is 95.3 cm³/mol. The number of aliphatic hydroxyl groups is 2. The molecular weight excluding hydrogens is 302 g/mol. The van der Waals surface area contributed by atoms with E-state index >= 15 is 0 Å². The van der Waals surface area contributed by atoms with Crippen LogP contribution in [0.5, 0.6) is 0 Å². The van der Waals surface area contributed by atoms with E-state index in [0.29, 0.717) is 0 Å². The van der Waals surface area contributed by atoms with Crippen LogP contribution in [-0.4, -0.2) is 32.9 Å². The third-order valence-electron chi connectivity index (χ3n) is 5.21. The van der Waals surface area contributed by atoms with E-state index < -0.39 is 0 Å². The summed E-state index contributed by atoms with van der Waals surface area (Å²) in [6.07, 6.45) is 3.67. The summed E-state index contributed by atoms with van der Waals surface area (Å²) < 4.78 is 1.91. The lowest BCUT2D eigenvalue weighted by Gasteiger charge is -2.29. The number of rotatable bonds is 3. The number of anilines is 1. The molecule has 0 aliphatic carbocycles. The number of aryl methyl sites for hydroxylation is 1. The standard InChI is InChI=1S/C19H23N3O2/c1-13-16(11-23)17(12-24)18-14-7-3-4-8-15(14)19(20-22(13)18)21-9-5-2-6-10-21/h3-4,7-8,23-24H,2,5-6,9-12H2,1H3. The van der Waals surface area contributed by atoms with Crippen molar-refractivity contribution in [1.82, 2.24) is 9.61 Å². The highest BCUT2D eigenvalue weighted by Gasteiger charge is 2.22. The SMILES string of the molecule is Cc1c(CO)c(CO)c2c3ccccc3c(N3CCCCC3)nn12. The Hall–Kier alpha value is -2.11. The molecule has 5 heteroatoms. The van der Waals surface area contributed by atoms with Crippen LogP contribution in [-0.2, 0) is 13.2 Å². The van der Waals surface area contributed by atoms with E-state index in [2.05, 4.69) is 17.0 Å². The average Bonchev–Trinajstić information content (AvgIpc) is 2.93. The minimum absolute atomic E-state index is 0.0849. The molecular formula is C19H23N3O2. The molecule has 0 spiro atoms. The number of piperidine rings is 1. The van der Waals surface area contributed by atoms with Gasteiger partial charge in [0.1, 0.15) is 0 Å². The molecule has 5 nitrogen and oxygen atoms in total. The highest BCUT2D eigenvalue weighted by atomic mass is 16.3. The predicted octanol–water partition coefficient (Wildman–Crippen LogP) is 2.77. The summed E-state index contributed by atoms with van der Waals surface area (Å²) >= 11 is 0. The third kappa shape index (κ3) is 2.19. The van der Waals surface area contributed by atoms with Gasteiger partial charge in [0.25, 0.3) is 0 Å². The van der Waals surface area contributed by atoms with Crippen LogP contribution in [0, 0.1) is 6.92 Å². The van der Waals surface area contributed by atoms with Gasteiger partial charge >= 0.3 is 0 Å². The van der Waals surface area contributed by atoms with Crippen molar-refractivity contribution in [3.05, 3.63) is 41.1 Å². The van der Waals surface area contributed by atoms with E-state index in [-0.39, 0.29) is 13.2 Å². The molecule has 0 radical (unpaired) electrons. The Morgan fingerprint density at radius 2 is 1.62 bits per heavy atom. The van der Waals surface area contributed by atoms with Crippen molar-refractivity contribution >= 4 is 22.1 Å². The van der Waals surface area contributed by atoms with Gasteiger partial charge in [-0.1, -0.05) is 24.3 Å². The molecule has 1 saturated heterocycles. The van der Waals surface area contributed by atoms with E-state index in [1.54, 1.807) is 0 Å². The smallest absolute Gasteiger partial charge is 0.157 e. The van der Waals surface area contributed by atoms with E-state index in [0.717, 1.165) is 52.0 Å². The van der Waals surface area contributed by atoms with Crippen molar-refractivity contribution in [2.24, 2.45) is 0 Å². The Morgan fingerprint density at radius 1 is 0.958 bits per heavy atom. The summed E-state index contributed by atoms with van der Waals surface area (Å²) in [6.45, 7) is 3.84. The maximum atomic E-state index is 9.88. The van der Waals surface area contributed by atoms with Crippen LogP contribution in [0.15, 0.2) is 24.3 Å². The fourth-order valence-electron chi connectivity index (χ4n) is 3.94. The van der Waals surface area contributed by atoms with Crippen molar-refractivity contribution in [2.75, 3.05) is 18.0 Å². The van der Waals surface area contributed by atoms with Gasteiger partial charge in [-0.05, 0) is 26.2 Å². The maximum absolute atomic E-state index is 9.88. The zero-order valence-corrected chi connectivity index (χ0v) is 14.0. The van der Waals surface area contributed by atoms with Gasteiger partial charge in [0.15, 0.2) is 5.82 Å². The monoisotopic (exact) mass is 325 g/mol. The number of hydrogen-bond donors (Lipinski definition) is 2. The molecule has 1 aromatic carbocycles. The zero-order valence-electron chi connectivity index (χ0n) is 14.0. The van der Waals surface area contributed by atoms with Gasteiger partial charge < -0.3 is 15.1 Å². The number of aliphatic hydroxyl groups excluding tert-OH is 2. The topological polar surface area (TPSA) is 61.0 Å². The first-order valence-electron chi connectivity index (χ1n) is 8.64. The molecule has 126 valence electrons.